The lowest BCUT2D eigenvalue weighted by Gasteiger charge is -2.53. The number of rotatable bonds is 4. The van der Waals surface area contributed by atoms with Gasteiger partial charge in [-0.15, -0.1) is 10.2 Å². The minimum Gasteiger partial charge on any atom is -0.491 e. The summed E-state index contributed by atoms with van der Waals surface area (Å²) < 4.78 is 16.2. The number of nitrogens with two attached hydrogens (primary N) is 1. The number of benzene rings is 2. The molecule has 0 atom stereocenters. The van der Waals surface area contributed by atoms with Crippen LogP contribution in [-0.2, 0) is 16.0 Å². The van der Waals surface area contributed by atoms with Gasteiger partial charge in [-0.05, 0) is 36.6 Å². The quantitative estimate of drug-likeness (QED) is 0.574. The highest BCUT2D eigenvalue weighted by Crippen LogP contribution is 2.44. The Labute approximate surface area is 215 Å². The molecule has 3 aliphatic rings. The molecule has 1 spiro atoms. The Balaban J connectivity index is 0.000000164. The summed E-state index contributed by atoms with van der Waals surface area (Å²) in [7, 11) is 1.83. The molecule has 2 N–H and O–H groups in total. The van der Waals surface area contributed by atoms with Gasteiger partial charge in [0.1, 0.15) is 5.75 Å². The maximum Gasteiger partial charge on any atom is 0.306 e. The minimum atomic E-state index is -0.707. The molecule has 2 fully saturated rings. The van der Waals surface area contributed by atoms with Gasteiger partial charge in [0.2, 0.25) is 11.8 Å². The molecule has 2 aromatic carbocycles. The smallest absolute Gasteiger partial charge is 0.306 e. The molecule has 0 unspecified atom stereocenters. The number of hydrogen-bond acceptors (Lipinski definition) is 8. The largest absolute Gasteiger partial charge is 0.491 e. The van der Waals surface area contributed by atoms with Gasteiger partial charge in [-0.1, -0.05) is 30.3 Å². The fraction of sp³-hybridized carbons (Fsp3) is 0.407. The molecule has 3 aromatic rings. The summed E-state index contributed by atoms with van der Waals surface area (Å²) in [6, 6.07) is 15.8. The van der Waals surface area contributed by atoms with Crippen LogP contribution in [0.25, 0.3) is 0 Å². The average molecular weight is 506 g/mol. The molecule has 37 heavy (non-hydrogen) atoms. The van der Waals surface area contributed by atoms with Crippen molar-refractivity contribution in [2.75, 3.05) is 49.8 Å². The van der Waals surface area contributed by atoms with Crippen LogP contribution in [0.1, 0.15) is 41.4 Å². The van der Waals surface area contributed by atoms with E-state index in [2.05, 4.69) is 27.2 Å². The van der Waals surface area contributed by atoms with E-state index in [1.807, 2.05) is 43.4 Å². The van der Waals surface area contributed by atoms with Gasteiger partial charge in [0.25, 0.3) is 0 Å². The second-order valence-corrected chi connectivity index (χ2v) is 9.70. The van der Waals surface area contributed by atoms with E-state index >= 15 is 0 Å². The molecule has 0 radical (unpaired) electrons. The SMILES string of the molecule is CN1C(=O)CCOc2ccc(N3CC4(CCOCC4)C3)cc21.NC(=O)c1nnc(Cc2ccccc2)o1. The molecular weight excluding hydrogens is 474 g/mol. The van der Waals surface area contributed by atoms with Gasteiger partial charge in [-0.3, -0.25) is 9.59 Å². The number of anilines is 2. The third-order valence-corrected chi connectivity index (χ3v) is 7.10. The Morgan fingerprint density at radius 1 is 1.05 bits per heavy atom. The summed E-state index contributed by atoms with van der Waals surface area (Å²) in [5, 5.41) is 7.24. The van der Waals surface area contributed by atoms with Gasteiger partial charge in [0, 0.05) is 44.5 Å². The Morgan fingerprint density at radius 3 is 2.51 bits per heavy atom. The van der Waals surface area contributed by atoms with Crippen LogP contribution in [-0.4, -0.2) is 62.0 Å². The second kappa shape index (κ2) is 10.6. The molecule has 4 heterocycles. The van der Waals surface area contributed by atoms with Crippen LogP contribution in [0.4, 0.5) is 11.4 Å². The van der Waals surface area contributed by atoms with Crippen molar-refractivity contribution in [3.8, 4) is 5.75 Å². The first kappa shape index (κ1) is 24.8. The van der Waals surface area contributed by atoms with E-state index in [-0.39, 0.29) is 11.8 Å². The normalized spacial score (nSPS) is 18.1. The van der Waals surface area contributed by atoms with E-state index in [0.29, 0.717) is 30.8 Å². The summed E-state index contributed by atoms with van der Waals surface area (Å²) in [5.41, 5.74) is 8.54. The fourth-order valence-electron chi connectivity index (χ4n) is 4.90. The molecule has 2 amide bonds. The van der Waals surface area contributed by atoms with E-state index in [4.69, 9.17) is 19.6 Å². The summed E-state index contributed by atoms with van der Waals surface area (Å²) in [5.74, 6) is 0.441. The van der Waals surface area contributed by atoms with Gasteiger partial charge in [0.05, 0.1) is 25.1 Å². The van der Waals surface area contributed by atoms with E-state index in [1.54, 1.807) is 4.90 Å². The number of carbonyl (C=O) groups excluding carboxylic acids is 2. The highest BCUT2D eigenvalue weighted by Gasteiger charge is 2.44. The van der Waals surface area contributed by atoms with Gasteiger partial charge >= 0.3 is 11.8 Å². The molecule has 6 rings (SSSR count). The van der Waals surface area contributed by atoms with Crippen molar-refractivity contribution in [3.05, 3.63) is 65.9 Å². The molecule has 0 aliphatic carbocycles. The molecule has 3 aliphatic heterocycles. The molecule has 1 aromatic heterocycles. The zero-order valence-electron chi connectivity index (χ0n) is 20.9. The number of primary amides is 1. The average Bonchev–Trinajstić information content (AvgIpc) is 3.32. The molecule has 2 saturated heterocycles. The molecule has 10 heteroatoms. The zero-order chi connectivity index (χ0) is 25.8. The highest BCUT2D eigenvalue weighted by molar-refractivity contribution is 5.95. The Hall–Kier alpha value is -3.92. The number of amides is 2. The van der Waals surface area contributed by atoms with Crippen LogP contribution in [0.15, 0.2) is 52.9 Å². The summed E-state index contributed by atoms with van der Waals surface area (Å²) in [6.07, 6.45) is 3.26. The fourth-order valence-corrected chi connectivity index (χ4v) is 4.90. The standard InChI is InChI=1S/C17H22N2O3.C10H9N3O2/c1-18-14-10-13(2-3-15(14)22-7-4-16(18)20)19-11-17(12-19)5-8-21-9-6-17;11-9(14)10-13-12-8(15-10)6-7-4-2-1-3-5-7/h2-3,10H,4-9,11-12H2,1H3;1-5H,6H2,(H2,11,14). The van der Waals surface area contributed by atoms with Crippen molar-refractivity contribution in [1.82, 2.24) is 10.2 Å². The van der Waals surface area contributed by atoms with E-state index < -0.39 is 5.91 Å². The van der Waals surface area contributed by atoms with Crippen molar-refractivity contribution >= 4 is 23.2 Å². The van der Waals surface area contributed by atoms with Crippen molar-refractivity contribution in [3.63, 3.8) is 0 Å². The maximum atomic E-state index is 12.0. The van der Waals surface area contributed by atoms with Crippen LogP contribution >= 0.6 is 0 Å². The lowest BCUT2D eigenvalue weighted by Crippen LogP contribution is -2.58. The highest BCUT2D eigenvalue weighted by atomic mass is 16.5. The van der Waals surface area contributed by atoms with Crippen molar-refractivity contribution in [2.24, 2.45) is 11.1 Å². The Morgan fingerprint density at radius 2 is 1.81 bits per heavy atom. The van der Waals surface area contributed by atoms with Crippen molar-refractivity contribution in [2.45, 2.75) is 25.7 Å². The summed E-state index contributed by atoms with van der Waals surface area (Å²) in [4.78, 5) is 26.8. The number of aromatic nitrogens is 2. The minimum absolute atomic E-state index is 0.111. The third-order valence-electron chi connectivity index (χ3n) is 7.10. The van der Waals surface area contributed by atoms with Gasteiger partial charge in [-0.25, -0.2) is 0 Å². The van der Waals surface area contributed by atoms with Crippen LogP contribution in [0.2, 0.25) is 0 Å². The second-order valence-electron chi connectivity index (χ2n) is 9.70. The van der Waals surface area contributed by atoms with Crippen molar-refractivity contribution in [1.29, 1.82) is 0 Å². The van der Waals surface area contributed by atoms with E-state index in [0.717, 1.165) is 56.1 Å². The van der Waals surface area contributed by atoms with Gasteiger partial charge in [-0.2, -0.15) is 0 Å². The van der Waals surface area contributed by atoms with E-state index in [1.165, 1.54) is 5.69 Å². The molecular formula is C27H31N5O5. The number of ether oxygens (including phenoxy) is 2. The van der Waals surface area contributed by atoms with Crippen molar-refractivity contribution < 1.29 is 23.5 Å². The van der Waals surface area contributed by atoms with Gasteiger partial charge < -0.3 is 29.4 Å². The zero-order valence-corrected chi connectivity index (χ0v) is 20.9. The first-order chi connectivity index (χ1) is 17.9. The topological polar surface area (TPSA) is 124 Å². The third kappa shape index (κ3) is 5.59. The monoisotopic (exact) mass is 505 g/mol. The van der Waals surface area contributed by atoms with Gasteiger partial charge in [0.15, 0.2) is 0 Å². The predicted octanol–water partition coefficient (Wildman–Crippen LogP) is 2.81. The lowest BCUT2D eigenvalue weighted by molar-refractivity contribution is -0.118. The first-order valence-corrected chi connectivity index (χ1v) is 12.4. The number of hydrogen-bond donors (Lipinski definition) is 1. The Kier molecular flexibility index (Phi) is 7.09. The van der Waals surface area contributed by atoms with Crippen LogP contribution in [0, 0.1) is 5.41 Å². The lowest BCUT2D eigenvalue weighted by atomic mass is 9.73. The maximum absolute atomic E-state index is 12.0. The first-order valence-electron chi connectivity index (χ1n) is 12.4. The summed E-state index contributed by atoms with van der Waals surface area (Å²) >= 11 is 0. The number of fused-ring (bicyclic) bond motifs is 1. The van der Waals surface area contributed by atoms with Crippen LogP contribution in [0.3, 0.4) is 0 Å². The molecule has 0 bridgehead atoms. The van der Waals surface area contributed by atoms with E-state index in [9.17, 15) is 9.59 Å². The molecule has 10 nitrogen and oxygen atoms in total. The molecule has 194 valence electrons. The van der Waals surface area contributed by atoms with Crippen LogP contribution in [0.5, 0.6) is 5.75 Å². The molecule has 0 saturated carbocycles. The summed E-state index contributed by atoms with van der Waals surface area (Å²) in [6.45, 7) is 4.43. The van der Waals surface area contributed by atoms with Crippen LogP contribution < -0.4 is 20.3 Å². The Bertz CT molecular complexity index is 1250. The number of nitrogens with zero attached hydrogens (tertiary/aromatic N) is 4. The number of carbonyl (C=O) groups is 2. The predicted molar refractivity (Wildman–Crippen MR) is 137 cm³/mol.